The smallest absolute Gasteiger partial charge is 0.337 e. The second kappa shape index (κ2) is 8.37. The third-order valence-corrected chi connectivity index (χ3v) is 5.75. The van der Waals surface area contributed by atoms with Gasteiger partial charge >= 0.3 is 12.2 Å². The number of hydrogen-bond acceptors (Lipinski definition) is 3. The number of piperidine rings is 1. The highest BCUT2D eigenvalue weighted by molar-refractivity contribution is 6.30. The molecule has 3 amide bonds. The molecule has 1 unspecified atom stereocenters. The third kappa shape index (κ3) is 4.61. The fourth-order valence-electron chi connectivity index (χ4n) is 3.98. The molecule has 3 heterocycles. The molecule has 2 aromatic rings. The topological polar surface area (TPSA) is 65.5 Å². The van der Waals surface area contributed by atoms with Crippen LogP contribution in [0.4, 0.5) is 23.7 Å². The van der Waals surface area contributed by atoms with Crippen molar-refractivity contribution >= 4 is 29.2 Å². The third-order valence-electron chi connectivity index (χ3n) is 5.52. The van der Waals surface area contributed by atoms with Crippen LogP contribution in [0.15, 0.2) is 36.5 Å². The van der Waals surface area contributed by atoms with Crippen molar-refractivity contribution in [2.75, 3.05) is 24.5 Å². The maximum Gasteiger partial charge on any atom is 0.433 e. The summed E-state index contributed by atoms with van der Waals surface area (Å²) in [6.07, 6.45) is -1.50. The number of alkyl halides is 3. The quantitative estimate of drug-likeness (QED) is 0.745. The number of hydrogen-bond donors (Lipinski definition) is 1. The summed E-state index contributed by atoms with van der Waals surface area (Å²) in [6, 6.07) is 6.85. The first-order chi connectivity index (χ1) is 14.7. The number of anilines is 1. The summed E-state index contributed by atoms with van der Waals surface area (Å²) in [5.74, 6) is -0.402. The van der Waals surface area contributed by atoms with Gasteiger partial charge in [-0.2, -0.15) is 13.2 Å². The molecule has 1 saturated heterocycles. The lowest BCUT2D eigenvalue weighted by Crippen LogP contribution is -2.52. The highest BCUT2D eigenvalue weighted by Gasteiger charge is 2.33. The highest BCUT2D eigenvalue weighted by atomic mass is 35.5. The Balaban J connectivity index is 1.39. The number of urea groups is 1. The fraction of sp³-hybridized carbons (Fsp3) is 0.381. The molecule has 0 saturated carbocycles. The Morgan fingerprint density at radius 2 is 1.97 bits per heavy atom. The number of carbonyl (C=O) groups excluding carboxylic acids is 2. The van der Waals surface area contributed by atoms with Gasteiger partial charge in [0.1, 0.15) is 5.69 Å². The molecular weight excluding hydrogens is 433 g/mol. The summed E-state index contributed by atoms with van der Waals surface area (Å²) in [5, 5.41) is 3.60. The van der Waals surface area contributed by atoms with Crippen LogP contribution in [-0.2, 0) is 12.6 Å². The van der Waals surface area contributed by atoms with Crippen molar-refractivity contribution in [3.8, 4) is 0 Å². The van der Waals surface area contributed by atoms with Crippen molar-refractivity contribution in [1.29, 1.82) is 0 Å². The van der Waals surface area contributed by atoms with Crippen molar-refractivity contribution < 1.29 is 22.8 Å². The molecule has 2 aliphatic heterocycles. The summed E-state index contributed by atoms with van der Waals surface area (Å²) < 4.78 is 38.0. The first-order valence-electron chi connectivity index (χ1n) is 9.91. The van der Waals surface area contributed by atoms with Crippen molar-refractivity contribution in [2.45, 2.75) is 31.5 Å². The second-order valence-electron chi connectivity index (χ2n) is 7.64. The summed E-state index contributed by atoms with van der Waals surface area (Å²) in [7, 11) is 0. The number of rotatable bonds is 2. The average molecular weight is 453 g/mol. The number of carbonyl (C=O) groups is 2. The van der Waals surface area contributed by atoms with E-state index in [0.717, 1.165) is 36.0 Å². The lowest BCUT2D eigenvalue weighted by Gasteiger charge is -2.34. The maximum absolute atomic E-state index is 12.8. The normalized spacial score (nSPS) is 18.6. The lowest BCUT2D eigenvalue weighted by molar-refractivity contribution is -0.141. The van der Waals surface area contributed by atoms with E-state index in [1.54, 1.807) is 11.0 Å². The Bertz CT molecular complexity index is 997. The molecule has 0 bridgehead atoms. The largest absolute Gasteiger partial charge is 0.433 e. The minimum atomic E-state index is -4.55. The molecule has 4 rings (SSSR count). The summed E-state index contributed by atoms with van der Waals surface area (Å²) in [4.78, 5) is 32.1. The van der Waals surface area contributed by atoms with Crippen LogP contribution in [-0.4, -0.2) is 47.5 Å². The van der Waals surface area contributed by atoms with Gasteiger partial charge in [-0.3, -0.25) is 14.7 Å². The maximum atomic E-state index is 12.8. The number of likely N-dealkylation sites (tertiary alicyclic amines) is 1. The Morgan fingerprint density at radius 1 is 1.16 bits per heavy atom. The van der Waals surface area contributed by atoms with E-state index in [4.69, 9.17) is 11.6 Å². The average Bonchev–Trinajstić information content (AvgIpc) is 3.16. The molecule has 0 aliphatic carbocycles. The van der Waals surface area contributed by atoms with Crippen LogP contribution in [0.3, 0.4) is 0 Å². The van der Waals surface area contributed by atoms with E-state index >= 15 is 0 Å². The number of nitrogens with one attached hydrogen (secondary N) is 1. The van der Waals surface area contributed by atoms with E-state index in [0.29, 0.717) is 31.0 Å². The van der Waals surface area contributed by atoms with Crippen LogP contribution in [0.1, 0.15) is 34.5 Å². The van der Waals surface area contributed by atoms with E-state index in [2.05, 4.69) is 10.3 Å². The number of nitrogens with zero attached hydrogens (tertiary/aromatic N) is 3. The predicted octanol–water partition coefficient (Wildman–Crippen LogP) is 4.13. The van der Waals surface area contributed by atoms with Crippen LogP contribution >= 0.6 is 11.6 Å². The predicted molar refractivity (Wildman–Crippen MR) is 109 cm³/mol. The minimum Gasteiger partial charge on any atom is -0.337 e. The molecule has 1 N–H and O–H groups in total. The first kappa shape index (κ1) is 21.4. The molecule has 6 nitrogen and oxygen atoms in total. The second-order valence-corrected chi connectivity index (χ2v) is 8.08. The van der Waals surface area contributed by atoms with E-state index in [9.17, 15) is 22.8 Å². The van der Waals surface area contributed by atoms with Crippen molar-refractivity contribution in [1.82, 2.24) is 15.2 Å². The van der Waals surface area contributed by atoms with Crippen molar-refractivity contribution in [2.24, 2.45) is 0 Å². The van der Waals surface area contributed by atoms with Gasteiger partial charge in [-0.05, 0) is 55.2 Å². The van der Waals surface area contributed by atoms with E-state index < -0.39 is 17.8 Å². The van der Waals surface area contributed by atoms with Crippen LogP contribution in [0.2, 0.25) is 5.02 Å². The van der Waals surface area contributed by atoms with Gasteiger partial charge in [0.25, 0.3) is 5.91 Å². The molecule has 2 aliphatic rings. The molecule has 1 aromatic heterocycles. The number of aromatic nitrogens is 1. The molecule has 0 spiro atoms. The number of halogens is 4. The van der Waals surface area contributed by atoms with Gasteiger partial charge in [0.2, 0.25) is 0 Å². The molecule has 1 fully saturated rings. The van der Waals surface area contributed by atoms with E-state index in [-0.39, 0.29) is 24.2 Å². The highest BCUT2D eigenvalue weighted by Crippen LogP contribution is 2.31. The zero-order chi connectivity index (χ0) is 22.2. The Labute approximate surface area is 182 Å². The Morgan fingerprint density at radius 3 is 2.68 bits per heavy atom. The number of amides is 3. The van der Waals surface area contributed by atoms with Crippen LogP contribution < -0.4 is 10.2 Å². The van der Waals surface area contributed by atoms with Gasteiger partial charge in [0.05, 0.1) is 5.56 Å². The lowest BCUT2D eigenvalue weighted by atomic mass is 10.0. The zero-order valence-electron chi connectivity index (χ0n) is 16.5. The molecule has 0 radical (unpaired) electrons. The zero-order valence-corrected chi connectivity index (χ0v) is 17.2. The van der Waals surface area contributed by atoms with Gasteiger partial charge < -0.3 is 10.2 Å². The Kier molecular flexibility index (Phi) is 5.79. The van der Waals surface area contributed by atoms with Crippen molar-refractivity contribution in [3.05, 3.63) is 58.4 Å². The van der Waals surface area contributed by atoms with Crippen LogP contribution in [0.5, 0.6) is 0 Å². The van der Waals surface area contributed by atoms with Gasteiger partial charge in [-0.25, -0.2) is 4.79 Å². The molecule has 164 valence electrons. The van der Waals surface area contributed by atoms with Crippen LogP contribution in [0.25, 0.3) is 0 Å². The summed E-state index contributed by atoms with van der Waals surface area (Å²) in [5.41, 5.74) is 0.879. The minimum absolute atomic E-state index is 0.0883. The molecule has 10 heteroatoms. The summed E-state index contributed by atoms with van der Waals surface area (Å²) in [6.45, 7) is 1.30. The van der Waals surface area contributed by atoms with Crippen molar-refractivity contribution in [3.63, 3.8) is 0 Å². The van der Waals surface area contributed by atoms with Crippen LogP contribution in [0, 0.1) is 0 Å². The van der Waals surface area contributed by atoms with Gasteiger partial charge in [-0.1, -0.05) is 11.6 Å². The number of pyridine rings is 1. The number of benzene rings is 1. The molecule has 1 aromatic carbocycles. The SMILES string of the molecule is O=C(c1ccc(C(F)(F)F)nc1)N1CCCC(NC(=O)N2CCc3cc(Cl)ccc32)C1. The summed E-state index contributed by atoms with van der Waals surface area (Å²) >= 11 is 6.02. The van der Waals surface area contributed by atoms with E-state index in [1.807, 2.05) is 12.1 Å². The van der Waals surface area contributed by atoms with Gasteiger partial charge in [0, 0.05) is 42.6 Å². The Hall–Kier alpha value is -2.81. The van der Waals surface area contributed by atoms with E-state index in [1.165, 1.54) is 4.90 Å². The molecule has 31 heavy (non-hydrogen) atoms. The standard InChI is InChI=1S/C21H20ClF3N4O2/c22-15-4-5-17-13(10-15)7-9-29(17)20(31)27-16-2-1-8-28(12-16)19(30)14-3-6-18(26-11-14)21(23,24)25/h3-6,10-11,16H,1-2,7-9,12H2,(H,27,31). The van der Waals surface area contributed by atoms with Gasteiger partial charge in [-0.15, -0.1) is 0 Å². The van der Waals surface area contributed by atoms with Gasteiger partial charge in [0.15, 0.2) is 0 Å². The fourth-order valence-corrected chi connectivity index (χ4v) is 4.18. The number of fused-ring (bicyclic) bond motifs is 1. The first-order valence-corrected chi connectivity index (χ1v) is 10.3. The molecule has 1 atom stereocenters. The molecular formula is C21H20ClF3N4O2. The monoisotopic (exact) mass is 452 g/mol.